The molecule has 0 aliphatic heterocycles. The van der Waals surface area contributed by atoms with Crippen molar-refractivity contribution in [1.29, 1.82) is 0 Å². The Hall–Kier alpha value is -3.64. The van der Waals surface area contributed by atoms with Crippen LogP contribution in [0.15, 0.2) is 96.4 Å². The van der Waals surface area contributed by atoms with E-state index in [1.807, 2.05) is 91.9 Å². The zero-order chi connectivity index (χ0) is 21.0. The summed E-state index contributed by atoms with van der Waals surface area (Å²) >= 11 is 0. The summed E-state index contributed by atoms with van der Waals surface area (Å²) in [6.07, 6.45) is 1.50. The summed E-state index contributed by atoms with van der Waals surface area (Å²) in [5.74, 6) is 0.122. The van der Waals surface area contributed by atoms with E-state index in [2.05, 4.69) is 5.10 Å². The van der Waals surface area contributed by atoms with Gasteiger partial charge in [0.05, 0.1) is 16.8 Å². The van der Waals surface area contributed by atoms with Crippen molar-refractivity contribution in [2.75, 3.05) is 0 Å². The molecule has 0 unspecified atom stereocenters. The Morgan fingerprint density at radius 2 is 1.57 bits per heavy atom. The van der Waals surface area contributed by atoms with E-state index in [0.29, 0.717) is 5.69 Å². The lowest BCUT2D eigenvalue weighted by Crippen LogP contribution is -2.09. The van der Waals surface area contributed by atoms with Crippen molar-refractivity contribution in [3.05, 3.63) is 108 Å². The third-order valence-electron chi connectivity index (χ3n) is 4.42. The molecule has 6 heteroatoms. The topological polar surface area (TPSA) is 61.2 Å². The van der Waals surface area contributed by atoms with Crippen LogP contribution in [0.2, 0.25) is 0 Å². The maximum atomic E-state index is 12.6. The van der Waals surface area contributed by atoms with Gasteiger partial charge in [0.15, 0.2) is 0 Å². The van der Waals surface area contributed by atoms with Gasteiger partial charge in [0, 0.05) is 11.6 Å². The van der Waals surface area contributed by atoms with Crippen LogP contribution < -0.4 is 4.18 Å². The number of rotatable bonds is 6. The lowest BCUT2D eigenvalue weighted by molar-refractivity contribution is 0.474. The van der Waals surface area contributed by atoms with Crippen molar-refractivity contribution in [3.8, 4) is 22.8 Å². The zero-order valence-electron chi connectivity index (χ0n) is 16.3. The number of aryl methyl sites for hydroxylation is 1. The predicted molar refractivity (Wildman–Crippen MR) is 119 cm³/mol. The highest BCUT2D eigenvalue weighted by Gasteiger charge is 2.18. The first-order chi connectivity index (χ1) is 14.5. The fourth-order valence-electron chi connectivity index (χ4n) is 2.99. The van der Waals surface area contributed by atoms with Crippen LogP contribution in [0.5, 0.6) is 5.88 Å². The lowest BCUT2D eigenvalue weighted by Gasteiger charge is -2.08. The summed E-state index contributed by atoms with van der Waals surface area (Å²) in [5.41, 5.74) is 4.00. The van der Waals surface area contributed by atoms with Gasteiger partial charge < -0.3 is 4.18 Å². The highest BCUT2D eigenvalue weighted by molar-refractivity contribution is 7.90. The van der Waals surface area contributed by atoms with E-state index in [1.165, 1.54) is 10.8 Å². The summed E-state index contributed by atoms with van der Waals surface area (Å²) in [6, 6.07) is 28.0. The van der Waals surface area contributed by atoms with E-state index in [9.17, 15) is 8.42 Å². The maximum absolute atomic E-state index is 12.6. The summed E-state index contributed by atoms with van der Waals surface area (Å²) < 4.78 is 32.2. The van der Waals surface area contributed by atoms with Gasteiger partial charge in [0.2, 0.25) is 5.88 Å². The minimum Gasteiger partial charge on any atom is -0.358 e. The third kappa shape index (κ3) is 4.67. The number of nitrogens with zero attached hydrogens (tertiary/aromatic N) is 2. The fraction of sp³-hybridized carbons (Fsp3) is 0.0417. The Labute approximate surface area is 176 Å². The van der Waals surface area contributed by atoms with Gasteiger partial charge in [-0.2, -0.15) is 18.2 Å². The van der Waals surface area contributed by atoms with Crippen LogP contribution >= 0.6 is 0 Å². The highest BCUT2D eigenvalue weighted by atomic mass is 32.2. The minimum atomic E-state index is -3.98. The molecule has 0 bridgehead atoms. The molecular weight excluding hydrogens is 396 g/mol. The van der Waals surface area contributed by atoms with Gasteiger partial charge in [0.1, 0.15) is 0 Å². The molecule has 30 heavy (non-hydrogen) atoms. The van der Waals surface area contributed by atoms with Crippen LogP contribution in [0.25, 0.3) is 23.0 Å². The largest absolute Gasteiger partial charge is 0.358 e. The minimum absolute atomic E-state index is 0.122. The first kappa shape index (κ1) is 19.7. The monoisotopic (exact) mass is 416 g/mol. The van der Waals surface area contributed by atoms with E-state index in [-0.39, 0.29) is 5.88 Å². The lowest BCUT2D eigenvalue weighted by atomic mass is 10.2. The second-order valence-corrected chi connectivity index (χ2v) is 8.20. The molecule has 4 rings (SSSR count). The molecule has 0 amide bonds. The molecule has 0 saturated heterocycles. The molecule has 0 aliphatic carbocycles. The normalized spacial score (nSPS) is 11.6. The standard InChI is InChI=1S/C24H20N2O3S/c1-19-9-8-14-22(17-19)26-24(18-23(25-26)21-12-6-3-7-13-21)29-30(27,28)16-15-20-10-4-2-5-11-20/h2-18H,1H3/b16-15+. The van der Waals surface area contributed by atoms with Crippen LogP contribution in [0.3, 0.4) is 0 Å². The van der Waals surface area contributed by atoms with Crippen LogP contribution in [-0.2, 0) is 10.1 Å². The molecule has 4 aromatic rings. The van der Waals surface area contributed by atoms with Gasteiger partial charge in [-0.25, -0.2) is 0 Å². The molecule has 0 saturated carbocycles. The Kier molecular flexibility index (Phi) is 5.50. The quantitative estimate of drug-likeness (QED) is 0.404. The third-order valence-corrected chi connectivity index (χ3v) is 5.29. The van der Waals surface area contributed by atoms with Crippen molar-refractivity contribution in [2.24, 2.45) is 0 Å². The Morgan fingerprint density at radius 1 is 0.867 bits per heavy atom. The highest BCUT2D eigenvalue weighted by Crippen LogP contribution is 2.28. The number of hydrogen-bond donors (Lipinski definition) is 0. The summed E-state index contributed by atoms with van der Waals surface area (Å²) in [7, 11) is -3.98. The Morgan fingerprint density at radius 3 is 2.27 bits per heavy atom. The van der Waals surface area contributed by atoms with Crippen molar-refractivity contribution in [3.63, 3.8) is 0 Å². The van der Waals surface area contributed by atoms with Crippen molar-refractivity contribution >= 4 is 16.2 Å². The second-order valence-electron chi connectivity index (χ2n) is 6.77. The molecule has 150 valence electrons. The first-order valence-corrected chi connectivity index (χ1v) is 10.9. The summed E-state index contributed by atoms with van der Waals surface area (Å²) in [5, 5.41) is 5.65. The first-order valence-electron chi connectivity index (χ1n) is 9.40. The van der Waals surface area contributed by atoms with Crippen molar-refractivity contribution in [1.82, 2.24) is 9.78 Å². The molecule has 0 fully saturated rings. The van der Waals surface area contributed by atoms with Crippen LogP contribution in [0.4, 0.5) is 0 Å². The SMILES string of the molecule is Cc1cccc(-n2nc(-c3ccccc3)cc2OS(=O)(=O)/C=C/c2ccccc2)c1. The average molecular weight is 417 g/mol. The van der Waals surface area contributed by atoms with Crippen molar-refractivity contribution < 1.29 is 12.6 Å². The smallest absolute Gasteiger partial charge is 0.333 e. The molecule has 0 N–H and O–H groups in total. The van der Waals surface area contributed by atoms with E-state index in [4.69, 9.17) is 4.18 Å². The van der Waals surface area contributed by atoms with E-state index < -0.39 is 10.1 Å². The molecule has 3 aromatic carbocycles. The summed E-state index contributed by atoms with van der Waals surface area (Å²) in [4.78, 5) is 0. The number of hydrogen-bond acceptors (Lipinski definition) is 4. The van der Waals surface area contributed by atoms with E-state index in [1.54, 1.807) is 6.07 Å². The predicted octanol–water partition coefficient (Wildman–Crippen LogP) is 5.23. The van der Waals surface area contributed by atoms with E-state index >= 15 is 0 Å². The van der Waals surface area contributed by atoms with Gasteiger partial charge in [-0.3, -0.25) is 0 Å². The molecule has 5 nitrogen and oxygen atoms in total. The van der Waals surface area contributed by atoms with Gasteiger partial charge in [-0.1, -0.05) is 72.8 Å². The van der Waals surface area contributed by atoms with Crippen LogP contribution in [-0.4, -0.2) is 18.2 Å². The number of benzene rings is 3. The zero-order valence-corrected chi connectivity index (χ0v) is 17.2. The van der Waals surface area contributed by atoms with E-state index in [0.717, 1.165) is 27.8 Å². The second kappa shape index (κ2) is 8.39. The molecule has 0 spiro atoms. The maximum Gasteiger partial charge on any atom is 0.333 e. The molecule has 0 atom stereocenters. The van der Waals surface area contributed by atoms with Gasteiger partial charge in [-0.15, -0.1) is 0 Å². The molecule has 0 aliphatic rings. The Balaban J connectivity index is 1.72. The van der Waals surface area contributed by atoms with Crippen LogP contribution in [0.1, 0.15) is 11.1 Å². The van der Waals surface area contributed by atoms with Gasteiger partial charge in [0.25, 0.3) is 0 Å². The fourth-order valence-corrected chi connectivity index (χ4v) is 3.73. The summed E-state index contributed by atoms with van der Waals surface area (Å²) in [6.45, 7) is 1.96. The molecule has 0 radical (unpaired) electrons. The number of aromatic nitrogens is 2. The molecular formula is C24H20N2O3S. The van der Waals surface area contributed by atoms with Gasteiger partial charge >= 0.3 is 10.1 Å². The molecule has 1 heterocycles. The molecule has 1 aromatic heterocycles. The van der Waals surface area contributed by atoms with Gasteiger partial charge in [-0.05, 0) is 36.3 Å². The van der Waals surface area contributed by atoms with Crippen molar-refractivity contribution in [2.45, 2.75) is 6.92 Å². The Bertz CT molecular complexity index is 1280. The average Bonchev–Trinajstić information content (AvgIpc) is 3.17. The van der Waals surface area contributed by atoms with Crippen LogP contribution in [0, 0.1) is 6.92 Å².